The van der Waals surface area contributed by atoms with E-state index in [0.29, 0.717) is 19.6 Å². The van der Waals surface area contributed by atoms with Gasteiger partial charge in [-0.25, -0.2) is 0 Å². The molecule has 0 radical (unpaired) electrons. The summed E-state index contributed by atoms with van der Waals surface area (Å²) in [7, 11) is 0. The van der Waals surface area contributed by atoms with Crippen LogP contribution in [0.2, 0.25) is 0 Å². The number of ether oxygens (including phenoxy) is 1. The van der Waals surface area contributed by atoms with Gasteiger partial charge >= 0.3 is 5.97 Å². The third-order valence-corrected chi connectivity index (χ3v) is 3.21. The summed E-state index contributed by atoms with van der Waals surface area (Å²) in [4.78, 5) is 13.7. The van der Waals surface area contributed by atoms with Crippen molar-refractivity contribution in [2.24, 2.45) is 5.92 Å². The highest BCUT2D eigenvalue weighted by atomic mass is 16.5. The van der Waals surface area contributed by atoms with Gasteiger partial charge in [0.2, 0.25) is 0 Å². The lowest BCUT2D eigenvalue weighted by molar-refractivity contribution is -0.148. The van der Waals surface area contributed by atoms with Gasteiger partial charge in [-0.15, -0.1) is 0 Å². The first-order valence-electron chi connectivity index (χ1n) is 6.77. The van der Waals surface area contributed by atoms with Crippen LogP contribution in [0.5, 0.6) is 0 Å². The zero-order valence-electron chi connectivity index (χ0n) is 11.0. The molecule has 1 aliphatic heterocycles. The van der Waals surface area contributed by atoms with Crippen LogP contribution in [-0.4, -0.2) is 41.9 Å². The van der Waals surface area contributed by atoms with Crippen LogP contribution in [0.25, 0.3) is 0 Å². The predicted octanol–water partition coefficient (Wildman–Crippen LogP) is 1.77. The average molecular weight is 243 g/mol. The van der Waals surface area contributed by atoms with Crippen molar-refractivity contribution in [3.8, 4) is 0 Å². The number of carbonyl (C=O) groups is 1. The molecule has 0 aromatic heterocycles. The van der Waals surface area contributed by atoms with E-state index >= 15 is 0 Å². The maximum Gasteiger partial charge on any atom is 0.310 e. The molecule has 0 spiro atoms. The second kappa shape index (κ2) is 7.67. The molecule has 4 heteroatoms. The molecule has 1 N–H and O–H groups in total. The Morgan fingerprint density at radius 3 is 2.76 bits per heavy atom. The molecule has 0 aromatic carbocycles. The Bertz CT molecular complexity index is 233. The Balaban J connectivity index is 2.24. The standard InChI is InChI=1S/C13H25NO3/c1-3-5-6-8-17-13(16)11-9-12(15)14(10-11)7-4-2/h11-12,15H,3-10H2,1-2H3. The van der Waals surface area contributed by atoms with Crippen LogP contribution in [0.1, 0.15) is 46.0 Å². The molecule has 1 aliphatic rings. The molecule has 0 aromatic rings. The number of nitrogens with zero attached hydrogens (tertiary/aromatic N) is 1. The van der Waals surface area contributed by atoms with Crippen molar-refractivity contribution in [1.29, 1.82) is 0 Å². The maximum atomic E-state index is 11.7. The van der Waals surface area contributed by atoms with Gasteiger partial charge in [0.05, 0.1) is 12.5 Å². The summed E-state index contributed by atoms with van der Waals surface area (Å²) >= 11 is 0. The van der Waals surface area contributed by atoms with Crippen LogP contribution >= 0.6 is 0 Å². The minimum Gasteiger partial charge on any atom is -0.465 e. The van der Waals surface area contributed by atoms with E-state index in [4.69, 9.17) is 4.74 Å². The molecule has 100 valence electrons. The zero-order valence-corrected chi connectivity index (χ0v) is 11.0. The first kappa shape index (κ1) is 14.5. The number of carbonyl (C=O) groups excluding carboxylic acids is 1. The molecule has 0 saturated carbocycles. The quantitative estimate of drug-likeness (QED) is 0.547. The summed E-state index contributed by atoms with van der Waals surface area (Å²) in [6.45, 7) is 6.20. The van der Waals surface area contributed by atoms with Crippen LogP contribution in [0.3, 0.4) is 0 Å². The molecule has 2 atom stereocenters. The van der Waals surface area contributed by atoms with Crippen molar-refractivity contribution < 1.29 is 14.6 Å². The van der Waals surface area contributed by atoms with Crippen LogP contribution in [0, 0.1) is 5.92 Å². The van der Waals surface area contributed by atoms with Gasteiger partial charge < -0.3 is 9.84 Å². The topological polar surface area (TPSA) is 49.8 Å². The summed E-state index contributed by atoms with van der Waals surface area (Å²) in [6, 6.07) is 0. The number of likely N-dealkylation sites (tertiary alicyclic amines) is 1. The van der Waals surface area contributed by atoms with Gasteiger partial charge in [-0.3, -0.25) is 9.69 Å². The second-order valence-electron chi connectivity index (χ2n) is 4.78. The fourth-order valence-electron chi connectivity index (χ4n) is 2.22. The lowest BCUT2D eigenvalue weighted by Crippen LogP contribution is -2.30. The van der Waals surface area contributed by atoms with Gasteiger partial charge in [-0.1, -0.05) is 26.7 Å². The Kier molecular flexibility index (Phi) is 6.52. The van der Waals surface area contributed by atoms with E-state index < -0.39 is 6.23 Å². The van der Waals surface area contributed by atoms with Gasteiger partial charge in [0.1, 0.15) is 6.23 Å². The fraction of sp³-hybridized carbons (Fsp3) is 0.923. The normalized spacial score (nSPS) is 25.1. The third kappa shape index (κ3) is 4.64. The van der Waals surface area contributed by atoms with E-state index in [1.54, 1.807) is 0 Å². The predicted molar refractivity (Wildman–Crippen MR) is 66.5 cm³/mol. The van der Waals surface area contributed by atoms with E-state index in [1.807, 2.05) is 4.90 Å². The molecule has 1 fully saturated rings. The highest BCUT2D eigenvalue weighted by Crippen LogP contribution is 2.22. The summed E-state index contributed by atoms with van der Waals surface area (Å²) in [5, 5.41) is 9.77. The number of rotatable bonds is 7. The van der Waals surface area contributed by atoms with Crippen molar-refractivity contribution in [2.45, 2.75) is 52.2 Å². The number of esters is 1. The highest BCUT2D eigenvalue weighted by Gasteiger charge is 2.35. The molecule has 0 amide bonds. The summed E-state index contributed by atoms with van der Waals surface area (Å²) < 4.78 is 5.23. The smallest absolute Gasteiger partial charge is 0.310 e. The van der Waals surface area contributed by atoms with Crippen LogP contribution in [0.4, 0.5) is 0 Å². The second-order valence-corrected chi connectivity index (χ2v) is 4.78. The van der Waals surface area contributed by atoms with Gasteiger partial charge in [0.25, 0.3) is 0 Å². The molecule has 1 saturated heterocycles. The summed E-state index contributed by atoms with van der Waals surface area (Å²) in [5.74, 6) is -0.281. The maximum absolute atomic E-state index is 11.7. The van der Waals surface area contributed by atoms with E-state index in [1.165, 1.54) is 0 Å². The Labute approximate surface area is 104 Å². The average Bonchev–Trinajstić information content (AvgIpc) is 2.67. The fourth-order valence-corrected chi connectivity index (χ4v) is 2.22. The number of hydrogen-bond donors (Lipinski definition) is 1. The molecule has 17 heavy (non-hydrogen) atoms. The highest BCUT2D eigenvalue weighted by molar-refractivity contribution is 5.73. The van der Waals surface area contributed by atoms with E-state index in [0.717, 1.165) is 32.2 Å². The Morgan fingerprint density at radius 1 is 1.35 bits per heavy atom. The minimum absolute atomic E-state index is 0.140. The van der Waals surface area contributed by atoms with Crippen LogP contribution in [0.15, 0.2) is 0 Å². The monoisotopic (exact) mass is 243 g/mol. The first-order valence-corrected chi connectivity index (χ1v) is 6.77. The Hall–Kier alpha value is -0.610. The van der Waals surface area contributed by atoms with Gasteiger partial charge in [-0.05, 0) is 12.8 Å². The Morgan fingerprint density at radius 2 is 2.12 bits per heavy atom. The van der Waals surface area contributed by atoms with Gasteiger partial charge in [-0.2, -0.15) is 0 Å². The van der Waals surface area contributed by atoms with Crippen molar-refractivity contribution >= 4 is 5.97 Å². The van der Waals surface area contributed by atoms with Crippen LogP contribution in [-0.2, 0) is 9.53 Å². The van der Waals surface area contributed by atoms with Crippen molar-refractivity contribution in [1.82, 2.24) is 4.90 Å². The largest absolute Gasteiger partial charge is 0.465 e. The van der Waals surface area contributed by atoms with Crippen molar-refractivity contribution in [3.05, 3.63) is 0 Å². The molecule has 1 heterocycles. The molecule has 1 rings (SSSR count). The first-order chi connectivity index (χ1) is 8.19. The number of aliphatic hydroxyl groups excluding tert-OH is 1. The number of unbranched alkanes of at least 4 members (excludes halogenated alkanes) is 2. The molecular weight excluding hydrogens is 218 g/mol. The summed E-state index contributed by atoms with van der Waals surface area (Å²) in [6.07, 6.45) is 4.22. The minimum atomic E-state index is -0.469. The number of aliphatic hydroxyl groups is 1. The molecule has 2 unspecified atom stereocenters. The molecular formula is C13H25NO3. The molecule has 0 aliphatic carbocycles. The zero-order chi connectivity index (χ0) is 12.7. The van der Waals surface area contributed by atoms with Gasteiger partial charge in [0, 0.05) is 19.5 Å². The van der Waals surface area contributed by atoms with Gasteiger partial charge in [0.15, 0.2) is 0 Å². The molecule has 0 bridgehead atoms. The number of hydrogen-bond acceptors (Lipinski definition) is 4. The van der Waals surface area contributed by atoms with Crippen molar-refractivity contribution in [2.75, 3.05) is 19.7 Å². The third-order valence-electron chi connectivity index (χ3n) is 3.21. The van der Waals surface area contributed by atoms with Crippen molar-refractivity contribution in [3.63, 3.8) is 0 Å². The van der Waals surface area contributed by atoms with E-state index in [-0.39, 0.29) is 11.9 Å². The lowest BCUT2D eigenvalue weighted by Gasteiger charge is -2.18. The summed E-state index contributed by atoms with van der Waals surface area (Å²) in [5.41, 5.74) is 0. The SMILES string of the molecule is CCCCCOC(=O)C1CC(O)N(CCC)C1. The van der Waals surface area contributed by atoms with E-state index in [2.05, 4.69) is 13.8 Å². The van der Waals surface area contributed by atoms with Crippen LogP contribution < -0.4 is 0 Å². The lowest BCUT2D eigenvalue weighted by atomic mass is 10.1. The molecule has 4 nitrogen and oxygen atoms in total. The van der Waals surface area contributed by atoms with E-state index in [9.17, 15) is 9.90 Å².